The summed E-state index contributed by atoms with van der Waals surface area (Å²) in [7, 11) is 0. The van der Waals surface area contributed by atoms with Gasteiger partial charge in [-0.15, -0.1) is 0 Å². The van der Waals surface area contributed by atoms with Crippen LogP contribution in [0, 0.1) is 0 Å². The van der Waals surface area contributed by atoms with Crippen LogP contribution >= 0.6 is 11.6 Å². The van der Waals surface area contributed by atoms with E-state index in [-0.39, 0.29) is 16.8 Å². The van der Waals surface area contributed by atoms with Gasteiger partial charge in [0.05, 0.1) is 28.0 Å². The molecule has 1 N–H and O–H groups in total. The van der Waals surface area contributed by atoms with E-state index in [4.69, 9.17) is 16.7 Å². The lowest BCUT2D eigenvalue weighted by Gasteiger charge is -2.35. The largest absolute Gasteiger partial charge is 0.416 e. The number of anilines is 1. The number of rotatable bonds is 4. The Kier molecular flexibility index (Phi) is 5.63. The monoisotopic (exact) mass is 460 g/mol. The molecule has 1 saturated heterocycles. The number of benzene rings is 2. The number of nitrogens with one attached hydrogen (secondary N) is 1. The van der Waals surface area contributed by atoms with Gasteiger partial charge in [-0.3, -0.25) is 4.90 Å². The summed E-state index contributed by atoms with van der Waals surface area (Å²) < 4.78 is 41.6. The van der Waals surface area contributed by atoms with Crippen LogP contribution in [0.5, 0.6) is 0 Å². The van der Waals surface area contributed by atoms with E-state index in [1.807, 2.05) is 18.2 Å². The molecule has 0 spiro atoms. The van der Waals surface area contributed by atoms with Crippen molar-refractivity contribution in [1.82, 2.24) is 14.7 Å². The van der Waals surface area contributed by atoms with Crippen molar-refractivity contribution >= 4 is 17.4 Å². The smallest absolute Gasteiger partial charge is 0.369 e. The van der Waals surface area contributed by atoms with Crippen LogP contribution < -0.4 is 5.32 Å². The van der Waals surface area contributed by atoms with Gasteiger partial charge in [-0.1, -0.05) is 48.4 Å². The molecule has 0 bridgehead atoms. The fourth-order valence-corrected chi connectivity index (χ4v) is 5.00. The van der Waals surface area contributed by atoms with Crippen molar-refractivity contribution in [2.75, 3.05) is 18.4 Å². The topological polar surface area (TPSA) is 33.1 Å². The number of piperidine rings is 1. The van der Waals surface area contributed by atoms with Gasteiger partial charge in [0.1, 0.15) is 5.82 Å². The number of halogens is 4. The summed E-state index contributed by atoms with van der Waals surface area (Å²) in [4.78, 5) is 2.44. The first kappa shape index (κ1) is 21.3. The van der Waals surface area contributed by atoms with Gasteiger partial charge < -0.3 is 5.32 Å². The Bertz CT molecular complexity index is 1110. The number of hydrogen-bond acceptors (Lipinski definition) is 3. The molecule has 8 heteroatoms. The zero-order valence-electron chi connectivity index (χ0n) is 17.5. The van der Waals surface area contributed by atoms with Crippen molar-refractivity contribution in [3.05, 3.63) is 75.9 Å². The first-order valence-electron chi connectivity index (χ1n) is 10.9. The number of hydrogen-bond donors (Lipinski definition) is 1. The SMILES string of the molecule is FC(F)(F)c1ccc(Cl)c(-n2nc(C3CCCCN3Cc3ccccc3)c3c2NCC3)c1. The third-order valence-corrected chi connectivity index (χ3v) is 6.66. The Balaban J connectivity index is 1.55. The van der Waals surface area contributed by atoms with E-state index in [2.05, 4.69) is 22.3 Å². The van der Waals surface area contributed by atoms with Crippen molar-refractivity contribution in [2.45, 2.75) is 44.4 Å². The second-order valence-corrected chi connectivity index (χ2v) is 8.84. The summed E-state index contributed by atoms with van der Waals surface area (Å²) in [5.74, 6) is 0.756. The summed E-state index contributed by atoms with van der Waals surface area (Å²) in [6.07, 6.45) is -0.426. The van der Waals surface area contributed by atoms with Crippen molar-refractivity contribution in [3.8, 4) is 5.69 Å². The van der Waals surface area contributed by atoms with Gasteiger partial charge in [-0.2, -0.15) is 18.3 Å². The second-order valence-electron chi connectivity index (χ2n) is 8.43. The Hall–Kier alpha value is -2.51. The van der Waals surface area contributed by atoms with Crippen LogP contribution in [0.3, 0.4) is 0 Å². The minimum atomic E-state index is -4.44. The Morgan fingerprint density at radius 2 is 1.91 bits per heavy atom. The van der Waals surface area contributed by atoms with Crippen LogP contribution in [-0.4, -0.2) is 27.8 Å². The summed E-state index contributed by atoms with van der Waals surface area (Å²) in [5, 5.41) is 8.42. The highest BCUT2D eigenvalue weighted by atomic mass is 35.5. The molecule has 168 valence electrons. The number of alkyl halides is 3. The van der Waals surface area contributed by atoms with Crippen molar-refractivity contribution in [3.63, 3.8) is 0 Å². The molecule has 0 amide bonds. The van der Waals surface area contributed by atoms with Crippen LogP contribution in [0.25, 0.3) is 5.69 Å². The first-order chi connectivity index (χ1) is 15.4. The van der Waals surface area contributed by atoms with Gasteiger partial charge in [0.25, 0.3) is 0 Å². The van der Waals surface area contributed by atoms with E-state index in [9.17, 15) is 13.2 Å². The number of likely N-dealkylation sites (tertiary alicyclic amines) is 1. The molecule has 0 radical (unpaired) electrons. The van der Waals surface area contributed by atoms with Gasteiger partial charge in [-0.05, 0) is 49.6 Å². The molecule has 1 aromatic heterocycles. The molecule has 4 nitrogen and oxygen atoms in total. The minimum Gasteiger partial charge on any atom is -0.369 e. The second kappa shape index (κ2) is 8.45. The minimum absolute atomic E-state index is 0.128. The molecule has 2 aliphatic rings. The van der Waals surface area contributed by atoms with Crippen molar-refractivity contribution in [1.29, 1.82) is 0 Å². The fourth-order valence-electron chi connectivity index (χ4n) is 4.80. The molecular formula is C24H24ClF3N4. The van der Waals surface area contributed by atoms with E-state index in [0.29, 0.717) is 0 Å². The van der Waals surface area contributed by atoms with E-state index in [1.54, 1.807) is 4.68 Å². The third kappa shape index (κ3) is 3.99. The van der Waals surface area contributed by atoms with Gasteiger partial charge in [-0.25, -0.2) is 4.68 Å². The first-order valence-corrected chi connectivity index (χ1v) is 11.3. The Morgan fingerprint density at radius 1 is 1.09 bits per heavy atom. The fraction of sp³-hybridized carbons (Fsp3) is 0.375. The molecule has 32 heavy (non-hydrogen) atoms. The lowest BCUT2D eigenvalue weighted by Crippen LogP contribution is -2.33. The Labute approximate surface area is 190 Å². The van der Waals surface area contributed by atoms with Crippen LogP contribution in [0.1, 0.15) is 47.7 Å². The van der Waals surface area contributed by atoms with Gasteiger partial charge in [0.15, 0.2) is 0 Å². The Morgan fingerprint density at radius 3 is 2.69 bits per heavy atom. The predicted molar refractivity (Wildman–Crippen MR) is 119 cm³/mol. The third-order valence-electron chi connectivity index (χ3n) is 6.34. The van der Waals surface area contributed by atoms with Crippen molar-refractivity contribution < 1.29 is 13.2 Å². The zero-order chi connectivity index (χ0) is 22.3. The number of nitrogens with zero attached hydrogens (tertiary/aromatic N) is 3. The van der Waals surface area contributed by atoms with E-state index < -0.39 is 11.7 Å². The van der Waals surface area contributed by atoms with Crippen molar-refractivity contribution in [2.24, 2.45) is 0 Å². The average Bonchev–Trinajstić information content (AvgIpc) is 3.38. The standard InChI is InChI=1S/C24H24ClF3N4/c25-19-10-9-17(24(26,27)28)14-21(19)32-23-18(11-12-29-23)22(30-32)20-8-4-5-13-31(20)15-16-6-2-1-3-7-16/h1-3,6-7,9-10,14,20,29H,4-5,8,11-13,15H2. The van der Waals surface area contributed by atoms with E-state index in [1.165, 1.54) is 11.6 Å². The van der Waals surface area contributed by atoms with Gasteiger partial charge >= 0.3 is 6.18 Å². The molecule has 5 rings (SSSR count). The average molecular weight is 461 g/mol. The molecule has 1 fully saturated rings. The summed E-state index contributed by atoms with van der Waals surface area (Å²) >= 11 is 6.35. The number of fused-ring (bicyclic) bond motifs is 1. The lowest BCUT2D eigenvalue weighted by atomic mass is 9.95. The van der Waals surface area contributed by atoms with E-state index >= 15 is 0 Å². The van der Waals surface area contributed by atoms with Crippen LogP contribution in [0.4, 0.5) is 19.0 Å². The van der Waals surface area contributed by atoms with Gasteiger partial charge in [0, 0.05) is 18.7 Å². The van der Waals surface area contributed by atoms with Gasteiger partial charge in [0.2, 0.25) is 0 Å². The highest BCUT2D eigenvalue weighted by molar-refractivity contribution is 6.32. The summed E-state index contributed by atoms with van der Waals surface area (Å²) in [6, 6.07) is 13.9. The molecular weight excluding hydrogens is 437 g/mol. The molecule has 0 aliphatic carbocycles. The predicted octanol–water partition coefficient (Wildman–Crippen LogP) is 6.24. The van der Waals surface area contributed by atoms with E-state index in [0.717, 1.165) is 74.5 Å². The molecule has 2 aromatic carbocycles. The normalized spacial score (nSPS) is 19.1. The maximum atomic E-state index is 13.3. The number of aromatic nitrogens is 2. The maximum absolute atomic E-state index is 13.3. The van der Waals surface area contributed by atoms with Crippen LogP contribution in [0.2, 0.25) is 5.02 Å². The van der Waals surface area contributed by atoms with Crippen LogP contribution in [-0.2, 0) is 19.1 Å². The molecule has 3 aromatic rings. The highest BCUT2D eigenvalue weighted by Gasteiger charge is 2.35. The van der Waals surface area contributed by atoms with Crippen LogP contribution in [0.15, 0.2) is 48.5 Å². The molecule has 1 unspecified atom stereocenters. The molecule has 0 saturated carbocycles. The summed E-state index contributed by atoms with van der Waals surface area (Å²) in [5.41, 5.74) is 2.81. The lowest BCUT2D eigenvalue weighted by molar-refractivity contribution is -0.137. The summed E-state index contributed by atoms with van der Waals surface area (Å²) in [6.45, 7) is 2.53. The highest BCUT2D eigenvalue weighted by Crippen LogP contribution is 2.40. The quantitative estimate of drug-likeness (QED) is 0.500. The zero-order valence-corrected chi connectivity index (χ0v) is 18.3. The molecule has 1 atom stereocenters. The molecule has 2 aliphatic heterocycles. The molecule has 3 heterocycles. The maximum Gasteiger partial charge on any atom is 0.416 e.